The van der Waals surface area contributed by atoms with Crippen LogP contribution in [0.2, 0.25) is 0 Å². The molecule has 21 heavy (non-hydrogen) atoms. The largest absolute Gasteiger partial charge is 0.383 e. The Kier molecular flexibility index (Phi) is 4.11. The number of rotatable bonds is 3. The second-order valence-corrected chi connectivity index (χ2v) is 6.14. The monoisotopic (exact) mass is 288 g/mol. The molecule has 1 aromatic carbocycles. The lowest BCUT2D eigenvalue weighted by Crippen LogP contribution is -2.19. The Morgan fingerprint density at radius 1 is 1.14 bits per heavy atom. The standard InChI is InChI=1S/C16H21FN4/c1-10-13(18)20-15(16(2,3)4)21-14(10)19-9-11-5-7-12(17)8-6-11/h5-8H,9H2,1-4H3,(H3,18,19,20,21). The van der Waals surface area contributed by atoms with Crippen LogP contribution in [0.3, 0.4) is 0 Å². The van der Waals surface area contributed by atoms with E-state index in [1.54, 1.807) is 12.1 Å². The minimum absolute atomic E-state index is 0.172. The molecule has 1 heterocycles. The van der Waals surface area contributed by atoms with Crippen LogP contribution < -0.4 is 11.1 Å². The van der Waals surface area contributed by atoms with E-state index in [2.05, 4.69) is 15.3 Å². The zero-order chi connectivity index (χ0) is 15.6. The fourth-order valence-electron chi connectivity index (χ4n) is 1.83. The molecule has 1 aromatic heterocycles. The van der Waals surface area contributed by atoms with E-state index in [9.17, 15) is 4.39 Å². The van der Waals surface area contributed by atoms with Crippen LogP contribution in [0.5, 0.6) is 0 Å². The second-order valence-electron chi connectivity index (χ2n) is 6.14. The average Bonchev–Trinajstić information content (AvgIpc) is 2.41. The molecule has 0 atom stereocenters. The highest BCUT2D eigenvalue weighted by atomic mass is 19.1. The van der Waals surface area contributed by atoms with Gasteiger partial charge in [-0.3, -0.25) is 0 Å². The van der Waals surface area contributed by atoms with Gasteiger partial charge in [0.05, 0.1) is 0 Å². The number of halogens is 1. The summed E-state index contributed by atoms with van der Waals surface area (Å²) in [5, 5.41) is 3.25. The van der Waals surface area contributed by atoms with Crippen LogP contribution in [0.15, 0.2) is 24.3 Å². The Morgan fingerprint density at radius 3 is 2.33 bits per heavy atom. The van der Waals surface area contributed by atoms with Gasteiger partial charge < -0.3 is 11.1 Å². The van der Waals surface area contributed by atoms with E-state index in [0.717, 1.165) is 16.9 Å². The topological polar surface area (TPSA) is 63.8 Å². The molecule has 0 unspecified atom stereocenters. The molecule has 0 aliphatic rings. The maximum atomic E-state index is 12.9. The number of nitrogens with zero attached hydrogens (tertiary/aromatic N) is 2. The zero-order valence-electron chi connectivity index (χ0n) is 12.9. The van der Waals surface area contributed by atoms with Crippen molar-refractivity contribution in [2.45, 2.75) is 39.7 Å². The van der Waals surface area contributed by atoms with Crippen molar-refractivity contribution >= 4 is 11.6 Å². The van der Waals surface area contributed by atoms with E-state index in [1.807, 2.05) is 27.7 Å². The van der Waals surface area contributed by atoms with Crippen LogP contribution in [-0.2, 0) is 12.0 Å². The van der Waals surface area contributed by atoms with Gasteiger partial charge >= 0.3 is 0 Å². The summed E-state index contributed by atoms with van der Waals surface area (Å²) in [6.07, 6.45) is 0. The molecule has 2 rings (SSSR count). The molecule has 2 aromatic rings. The minimum Gasteiger partial charge on any atom is -0.383 e. The molecule has 0 amide bonds. The van der Waals surface area contributed by atoms with Gasteiger partial charge in [-0.15, -0.1) is 0 Å². The Bertz CT molecular complexity index is 630. The summed E-state index contributed by atoms with van der Waals surface area (Å²) < 4.78 is 12.9. The van der Waals surface area contributed by atoms with Crippen molar-refractivity contribution in [2.24, 2.45) is 0 Å². The molecule has 5 heteroatoms. The smallest absolute Gasteiger partial charge is 0.138 e. The van der Waals surface area contributed by atoms with Crippen molar-refractivity contribution < 1.29 is 4.39 Å². The molecule has 0 aliphatic carbocycles. The first-order valence-electron chi connectivity index (χ1n) is 6.90. The molecule has 0 fully saturated rings. The lowest BCUT2D eigenvalue weighted by Gasteiger charge is -2.19. The third-order valence-corrected chi connectivity index (χ3v) is 3.23. The predicted octanol–water partition coefficient (Wildman–Crippen LogP) is 3.42. The summed E-state index contributed by atoms with van der Waals surface area (Å²) in [7, 11) is 0. The molecule has 0 radical (unpaired) electrons. The van der Waals surface area contributed by atoms with E-state index in [1.165, 1.54) is 12.1 Å². The van der Waals surface area contributed by atoms with Crippen LogP contribution in [0.25, 0.3) is 0 Å². The molecule has 0 bridgehead atoms. The van der Waals surface area contributed by atoms with Crippen molar-refractivity contribution in [1.29, 1.82) is 0 Å². The summed E-state index contributed by atoms with van der Waals surface area (Å²) in [5.74, 6) is 1.66. The lowest BCUT2D eigenvalue weighted by atomic mass is 9.95. The van der Waals surface area contributed by atoms with Crippen molar-refractivity contribution in [3.8, 4) is 0 Å². The number of aromatic nitrogens is 2. The van der Waals surface area contributed by atoms with Gasteiger partial charge in [-0.2, -0.15) is 0 Å². The molecule has 3 N–H and O–H groups in total. The molecule has 4 nitrogen and oxygen atoms in total. The number of benzene rings is 1. The highest BCUT2D eigenvalue weighted by Crippen LogP contribution is 2.25. The van der Waals surface area contributed by atoms with Gasteiger partial charge in [0.15, 0.2) is 0 Å². The van der Waals surface area contributed by atoms with Crippen LogP contribution >= 0.6 is 0 Å². The highest BCUT2D eigenvalue weighted by molar-refractivity contribution is 5.55. The first-order chi connectivity index (χ1) is 9.77. The van der Waals surface area contributed by atoms with Crippen molar-refractivity contribution in [2.75, 3.05) is 11.1 Å². The SMILES string of the molecule is Cc1c(N)nc(C(C)(C)C)nc1NCc1ccc(F)cc1. The molecule has 112 valence electrons. The number of nitrogens with two attached hydrogens (primary N) is 1. The fraction of sp³-hybridized carbons (Fsp3) is 0.375. The number of nitrogen functional groups attached to an aromatic ring is 1. The van der Waals surface area contributed by atoms with Gasteiger partial charge in [0.25, 0.3) is 0 Å². The summed E-state index contributed by atoms with van der Waals surface area (Å²) in [6.45, 7) is 8.57. The first kappa shape index (κ1) is 15.2. The van der Waals surface area contributed by atoms with E-state index < -0.39 is 0 Å². The van der Waals surface area contributed by atoms with Gasteiger partial charge in [-0.1, -0.05) is 32.9 Å². The third kappa shape index (κ3) is 3.68. The second kappa shape index (κ2) is 5.68. The first-order valence-corrected chi connectivity index (χ1v) is 6.90. The molecular formula is C16H21FN4. The van der Waals surface area contributed by atoms with Gasteiger partial charge in [0.2, 0.25) is 0 Å². The molecule has 0 aliphatic heterocycles. The zero-order valence-corrected chi connectivity index (χ0v) is 12.9. The van der Waals surface area contributed by atoms with Crippen LogP contribution in [0, 0.1) is 12.7 Å². The van der Waals surface area contributed by atoms with Crippen LogP contribution in [0.4, 0.5) is 16.0 Å². The summed E-state index contributed by atoms with van der Waals surface area (Å²) >= 11 is 0. The van der Waals surface area contributed by atoms with Crippen molar-refractivity contribution in [1.82, 2.24) is 9.97 Å². The van der Waals surface area contributed by atoms with E-state index in [4.69, 9.17) is 5.73 Å². The number of nitrogens with one attached hydrogen (secondary N) is 1. The maximum absolute atomic E-state index is 12.9. The molecule has 0 saturated heterocycles. The maximum Gasteiger partial charge on any atom is 0.138 e. The van der Waals surface area contributed by atoms with Gasteiger partial charge in [-0.05, 0) is 24.6 Å². The summed E-state index contributed by atoms with van der Waals surface area (Å²) in [6, 6.07) is 6.37. The molecular weight excluding hydrogens is 267 g/mol. The Hall–Kier alpha value is -2.17. The molecule has 0 saturated carbocycles. The average molecular weight is 288 g/mol. The lowest BCUT2D eigenvalue weighted by molar-refractivity contribution is 0.546. The van der Waals surface area contributed by atoms with E-state index >= 15 is 0 Å². The van der Waals surface area contributed by atoms with Crippen molar-refractivity contribution in [3.63, 3.8) is 0 Å². The Balaban J connectivity index is 2.23. The number of anilines is 2. The predicted molar refractivity (Wildman–Crippen MR) is 83.6 cm³/mol. The number of hydrogen-bond acceptors (Lipinski definition) is 4. The highest BCUT2D eigenvalue weighted by Gasteiger charge is 2.20. The quantitative estimate of drug-likeness (QED) is 0.908. The van der Waals surface area contributed by atoms with E-state index in [-0.39, 0.29) is 11.2 Å². The Morgan fingerprint density at radius 2 is 1.76 bits per heavy atom. The summed E-state index contributed by atoms with van der Waals surface area (Å²) in [5.41, 5.74) is 7.60. The van der Waals surface area contributed by atoms with Crippen LogP contribution in [0.1, 0.15) is 37.7 Å². The van der Waals surface area contributed by atoms with Gasteiger partial charge in [0, 0.05) is 17.5 Å². The normalized spacial score (nSPS) is 11.5. The van der Waals surface area contributed by atoms with Gasteiger partial charge in [0.1, 0.15) is 23.3 Å². The third-order valence-electron chi connectivity index (χ3n) is 3.23. The fourth-order valence-corrected chi connectivity index (χ4v) is 1.83. The Labute approximate surface area is 124 Å². The van der Waals surface area contributed by atoms with E-state index in [0.29, 0.717) is 18.2 Å². The van der Waals surface area contributed by atoms with Gasteiger partial charge in [-0.25, -0.2) is 14.4 Å². The minimum atomic E-state index is -0.240. The molecule has 0 spiro atoms. The van der Waals surface area contributed by atoms with Crippen molar-refractivity contribution in [3.05, 3.63) is 47.0 Å². The number of hydrogen-bond donors (Lipinski definition) is 2. The summed E-state index contributed by atoms with van der Waals surface area (Å²) in [4.78, 5) is 8.91. The van der Waals surface area contributed by atoms with Crippen LogP contribution in [-0.4, -0.2) is 9.97 Å².